The molecule has 3 aliphatic heterocycles. The fourth-order valence-corrected chi connectivity index (χ4v) is 9.51. The maximum absolute atomic E-state index is 13.7. The molecule has 3 saturated heterocycles. The summed E-state index contributed by atoms with van der Waals surface area (Å²) in [4.78, 5) is 95.2. The van der Waals surface area contributed by atoms with Gasteiger partial charge in [0.1, 0.15) is 12.6 Å². The number of ether oxygens (including phenoxy) is 4. The standard InChI is InChI=1S/C48H61N7O11/c1-29-26-30(2)51-44(58)36(29)27-50-46(60)42-32(4)54(38-11-6-5-8-34(38)42)31(3)33-14-17-53(18-15-33)41(57)28-66-25-24-65-23-22-64-21-20-63-19-16-49-37-10-7-9-35-43(37)48(62)55(47(35)61)39-12-13-40(56)52-45(39)59/h5-6,8-9,11,26,31,33,39,49H,7,10,12-25,27-28H2,1-4H3,(H,50,60)(H,51,58)(H,52,56,59). The highest BCUT2D eigenvalue weighted by molar-refractivity contribution is 6.26. The molecule has 2 unspecified atom stereocenters. The zero-order valence-electron chi connectivity index (χ0n) is 38.3. The number of benzene rings is 1. The number of para-hydroxylation sites is 1. The number of hydrogen-bond acceptors (Lipinski definition) is 12. The summed E-state index contributed by atoms with van der Waals surface area (Å²) in [5.41, 5.74) is 5.61. The summed E-state index contributed by atoms with van der Waals surface area (Å²) in [7, 11) is 0. The van der Waals surface area contributed by atoms with Gasteiger partial charge in [-0.2, -0.15) is 0 Å². The highest BCUT2D eigenvalue weighted by atomic mass is 16.6. The van der Waals surface area contributed by atoms with E-state index in [1.54, 1.807) is 6.08 Å². The lowest BCUT2D eigenvalue weighted by molar-refractivity contribution is -0.149. The van der Waals surface area contributed by atoms with Crippen LogP contribution in [0.2, 0.25) is 0 Å². The molecule has 3 aromatic rings. The van der Waals surface area contributed by atoms with Crippen LogP contribution < -0.4 is 21.5 Å². The van der Waals surface area contributed by atoms with Crippen molar-refractivity contribution in [3.8, 4) is 0 Å². The number of allylic oxidation sites excluding steroid dienone is 2. The van der Waals surface area contributed by atoms with E-state index in [1.165, 1.54) is 0 Å². The average Bonchev–Trinajstić information content (AvgIpc) is 3.74. The Bertz CT molecular complexity index is 2460. The number of aromatic amines is 1. The number of amides is 6. The van der Waals surface area contributed by atoms with Gasteiger partial charge in [0.25, 0.3) is 23.3 Å². The Balaban J connectivity index is 0.741. The number of piperidine rings is 2. The molecule has 1 aromatic carbocycles. The van der Waals surface area contributed by atoms with E-state index in [4.69, 9.17) is 18.9 Å². The smallest absolute Gasteiger partial charge is 0.264 e. The number of pyridine rings is 1. The van der Waals surface area contributed by atoms with E-state index in [-0.39, 0.29) is 61.6 Å². The Hall–Kier alpha value is -5.95. The van der Waals surface area contributed by atoms with Gasteiger partial charge < -0.3 is 44.0 Å². The minimum Gasteiger partial charge on any atom is -0.385 e. The number of hydrogen-bond donors (Lipinski definition) is 4. The number of rotatable bonds is 21. The Labute approximate surface area is 383 Å². The molecular formula is C48H61N7O11. The van der Waals surface area contributed by atoms with Crippen molar-refractivity contribution in [3.05, 3.63) is 91.7 Å². The molecule has 0 bridgehead atoms. The van der Waals surface area contributed by atoms with E-state index >= 15 is 0 Å². The largest absolute Gasteiger partial charge is 0.385 e. The van der Waals surface area contributed by atoms with Crippen LogP contribution in [0, 0.1) is 26.7 Å². The van der Waals surface area contributed by atoms with E-state index in [9.17, 15) is 33.6 Å². The van der Waals surface area contributed by atoms with Crippen molar-refractivity contribution in [2.24, 2.45) is 5.92 Å². The van der Waals surface area contributed by atoms with Crippen LogP contribution in [0.4, 0.5) is 0 Å². The number of H-pyrrole nitrogens is 1. The monoisotopic (exact) mass is 911 g/mol. The number of imide groups is 2. The van der Waals surface area contributed by atoms with Crippen molar-refractivity contribution in [2.45, 2.75) is 84.8 Å². The molecule has 6 amide bonds. The van der Waals surface area contributed by atoms with Gasteiger partial charge in [-0.1, -0.05) is 24.3 Å². The third kappa shape index (κ3) is 10.8. The normalized spacial score (nSPS) is 18.5. The zero-order chi connectivity index (χ0) is 46.9. The second-order valence-corrected chi connectivity index (χ2v) is 17.2. The number of carbonyl (C=O) groups is 6. The molecule has 18 heteroatoms. The first kappa shape index (κ1) is 48.0. The van der Waals surface area contributed by atoms with Gasteiger partial charge in [0.2, 0.25) is 17.7 Å². The third-order valence-corrected chi connectivity index (χ3v) is 12.9. The van der Waals surface area contributed by atoms with E-state index in [2.05, 4.69) is 32.4 Å². The summed E-state index contributed by atoms with van der Waals surface area (Å²) >= 11 is 0. The number of fused-ring (bicyclic) bond motifs is 2. The molecule has 5 heterocycles. The van der Waals surface area contributed by atoms with Gasteiger partial charge in [0.15, 0.2) is 0 Å². The van der Waals surface area contributed by atoms with Crippen LogP contribution >= 0.6 is 0 Å². The summed E-state index contributed by atoms with van der Waals surface area (Å²) < 4.78 is 24.7. The van der Waals surface area contributed by atoms with Gasteiger partial charge in [0, 0.05) is 72.2 Å². The van der Waals surface area contributed by atoms with Crippen LogP contribution in [0.1, 0.15) is 84.4 Å². The van der Waals surface area contributed by atoms with E-state index in [0.717, 1.165) is 45.6 Å². The van der Waals surface area contributed by atoms with Crippen molar-refractivity contribution in [2.75, 3.05) is 72.5 Å². The van der Waals surface area contributed by atoms with Crippen LogP contribution in [-0.2, 0) is 49.5 Å². The highest BCUT2D eigenvalue weighted by Crippen LogP contribution is 2.37. The lowest BCUT2D eigenvalue weighted by atomic mass is 9.90. The van der Waals surface area contributed by atoms with Crippen LogP contribution in [0.15, 0.2) is 58.0 Å². The van der Waals surface area contributed by atoms with Crippen molar-refractivity contribution in [1.82, 2.24) is 35.3 Å². The minimum atomic E-state index is -1.00. The lowest BCUT2D eigenvalue weighted by Crippen LogP contribution is -2.54. The molecule has 2 atom stereocenters. The molecule has 354 valence electrons. The fourth-order valence-electron chi connectivity index (χ4n) is 9.51. The van der Waals surface area contributed by atoms with Gasteiger partial charge in [-0.3, -0.25) is 43.8 Å². The Morgan fingerprint density at radius 3 is 2.23 bits per heavy atom. The first-order valence-corrected chi connectivity index (χ1v) is 22.9. The zero-order valence-corrected chi connectivity index (χ0v) is 38.3. The van der Waals surface area contributed by atoms with Gasteiger partial charge in [0.05, 0.1) is 63.0 Å². The average molecular weight is 912 g/mol. The van der Waals surface area contributed by atoms with Crippen LogP contribution in [0.5, 0.6) is 0 Å². The SMILES string of the molecule is Cc1cc(C)c(CNC(=O)c2c(C)n(C(C)C3CCN(C(=O)COCCOCCOCCOCCNC4=C5C(=O)N(C6CCC(=O)NC6=O)C(=O)C5=CCC4)CC3)c3ccccc23)c(=O)[nH]1. The number of aryl methyl sites for hydroxylation is 2. The highest BCUT2D eigenvalue weighted by Gasteiger charge is 2.48. The van der Waals surface area contributed by atoms with Crippen LogP contribution in [-0.4, -0.2) is 133 Å². The molecule has 18 nitrogen and oxygen atoms in total. The number of likely N-dealkylation sites (tertiary alicyclic amines) is 2. The van der Waals surface area contributed by atoms with E-state index < -0.39 is 29.7 Å². The second kappa shape index (κ2) is 22.0. The maximum Gasteiger partial charge on any atom is 0.264 e. The third-order valence-electron chi connectivity index (χ3n) is 12.9. The molecular weight excluding hydrogens is 851 g/mol. The Morgan fingerprint density at radius 1 is 0.848 bits per heavy atom. The number of aromatic nitrogens is 2. The maximum atomic E-state index is 13.7. The van der Waals surface area contributed by atoms with Gasteiger partial charge in [-0.15, -0.1) is 0 Å². The lowest BCUT2D eigenvalue weighted by Gasteiger charge is -2.36. The molecule has 0 radical (unpaired) electrons. The molecule has 0 spiro atoms. The molecule has 2 aromatic heterocycles. The summed E-state index contributed by atoms with van der Waals surface area (Å²) in [6, 6.07) is 8.89. The fraction of sp³-hybridized carbons (Fsp3) is 0.521. The predicted octanol–water partition coefficient (Wildman–Crippen LogP) is 2.79. The molecule has 7 rings (SSSR count). The van der Waals surface area contributed by atoms with E-state index in [0.29, 0.717) is 100 Å². The van der Waals surface area contributed by atoms with Crippen molar-refractivity contribution >= 4 is 46.3 Å². The van der Waals surface area contributed by atoms with Crippen molar-refractivity contribution in [1.29, 1.82) is 0 Å². The first-order valence-electron chi connectivity index (χ1n) is 22.9. The number of nitrogens with one attached hydrogen (secondary N) is 4. The Kier molecular flexibility index (Phi) is 16.0. The second-order valence-electron chi connectivity index (χ2n) is 17.2. The van der Waals surface area contributed by atoms with E-state index in [1.807, 2.05) is 56.0 Å². The van der Waals surface area contributed by atoms with Gasteiger partial charge in [-0.05, 0) is 83.4 Å². The van der Waals surface area contributed by atoms with Crippen molar-refractivity contribution < 1.29 is 47.7 Å². The molecule has 4 N–H and O–H groups in total. The number of nitrogens with zero attached hydrogens (tertiary/aromatic N) is 3. The van der Waals surface area contributed by atoms with Gasteiger partial charge in [-0.25, -0.2) is 0 Å². The summed E-state index contributed by atoms with van der Waals surface area (Å²) in [6.45, 7) is 12.0. The Morgan fingerprint density at radius 2 is 1.53 bits per heavy atom. The summed E-state index contributed by atoms with van der Waals surface area (Å²) in [5, 5.41) is 9.29. The van der Waals surface area contributed by atoms with Crippen LogP contribution in [0.25, 0.3) is 10.9 Å². The minimum absolute atomic E-state index is 0.0221. The molecule has 1 aliphatic carbocycles. The molecule has 4 aliphatic rings. The molecule has 3 fully saturated rings. The topological polar surface area (TPSA) is 220 Å². The molecule has 66 heavy (non-hydrogen) atoms. The summed E-state index contributed by atoms with van der Waals surface area (Å²) in [6.07, 6.45) is 4.67. The first-order chi connectivity index (χ1) is 31.8. The molecule has 0 saturated carbocycles. The number of carbonyl (C=O) groups excluding carboxylic acids is 6. The quantitative estimate of drug-likeness (QED) is 0.0896. The van der Waals surface area contributed by atoms with Crippen molar-refractivity contribution in [3.63, 3.8) is 0 Å². The van der Waals surface area contributed by atoms with Gasteiger partial charge >= 0.3 is 0 Å². The summed E-state index contributed by atoms with van der Waals surface area (Å²) in [5.74, 6) is -2.07. The predicted molar refractivity (Wildman–Crippen MR) is 242 cm³/mol. The van der Waals surface area contributed by atoms with Crippen LogP contribution in [0.3, 0.4) is 0 Å².